The van der Waals surface area contributed by atoms with Gasteiger partial charge in [0.1, 0.15) is 6.67 Å². The van der Waals surface area contributed by atoms with E-state index in [0.29, 0.717) is 6.04 Å². The van der Waals surface area contributed by atoms with Crippen LogP contribution in [-0.4, -0.2) is 65.7 Å². The van der Waals surface area contributed by atoms with Crippen molar-refractivity contribution in [2.45, 2.75) is 95.2 Å². The van der Waals surface area contributed by atoms with Gasteiger partial charge in [0.2, 0.25) is 0 Å². The second kappa shape index (κ2) is 13.3. The van der Waals surface area contributed by atoms with Gasteiger partial charge in [0, 0.05) is 55.7 Å². The Morgan fingerprint density at radius 2 is 1.39 bits per heavy atom. The van der Waals surface area contributed by atoms with Gasteiger partial charge in [-0.1, -0.05) is 56.7 Å². The van der Waals surface area contributed by atoms with Gasteiger partial charge in [0.25, 0.3) is 0 Å². The maximum atomic E-state index is 4.81. The Morgan fingerprint density at radius 3 is 2.03 bits per heavy atom. The fraction of sp³-hybridized carbons (Fsp3) is 0.741. The Balaban J connectivity index is 0.00000153. The third-order valence-corrected chi connectivity index (χ3v) is 8.43. The summed E-state index contributed by atoms with van der Waals surface area (Å²) in [6, 6.07) is 11.0. The normalized spacial score (nSPS) is 23.1. The fourth-order valence-electron chi connectivity index (χ4n) is 6.56. The summed E-state index contributed by atoms with van der Waals surface area (Å²) in [6.07, 6.45) is 19.5. The summed E-state index contributed by atoms with van der Waals surface area (Å²) < 4.78 is 0. The summed E-state index contributed by atoms with van der Waals surface area (Å²) in [6.45, 7) is 5.91. The maximum absolute atomic E-state index is 4.81. The second-order valence-corrected chi connectivity index (χ2v) is 10.4. The third-order valence-electron chi connectivity index (χ3n) is 8.43. The van der Waals surface area contributed by atoms with Gasteiger partial charge in [-0.2, -0.15) is 0 Å². The van der Waals surface area contributed by atoms with Crippen molar-refractivity contribution >= 4 is 31.0 Å². The van der Waals surface area contributed by atoms with Crippen LogP contribution in [0.25, 0.3) is 6.20 Å². The molecule has 0 radical (unpaired) electrons. The molecular weight excluding hydrogens is 451 g/mol. The third kappa shape index (κ3) is 6.87. The molecule has 2 saturated carbocycles. The predicted octanol–water partition coefficient (Wildman–Crippen LogP) is 4.59. The minimum Gasteiger partial charge on any atom is -0.355 e. The molecule has 0 bridgehead atoms. The average Bonchev–Trinajstić information content (AvgIpc) is 2.86. The number of likely N-dealkylation sites (tertiary alicyclic amines) is 1. The highest BCUT2D eigenvalue weighted by Gasteiger charge is 2.30. The van der Waals surface area contributed by atoms with Crippen LogP contribution in [0, 0.1) is 0 Å². The molecule has 1 aromatic carbocycles. The lowest BCUT2D eigenvalue weighted by molar-refractivity contribution is 0.0603. The van der Waals surface area contributed by atoms with E-state index in [0.717, 1.165) is 24.1 Å². The van der Waals surface area contributed by atoms with E-state index in [4.69, 9.17) is 4.99 Å². The molecule has 1 aromatic rings. The van der Waals surface area contributed by atoms with Crippen molar-refractivity contribution in [3.8, 4) is 0 Å². The number of rotatable bonds is 6. The largest absolute Gasteiger partial charge is 0.355 e. The summed E-state index contributed by atoms with van der Waals surface area (Å²) in [5.74, 6) is 0. The molecule has 2 aliphatic heterocycles. The van der Waals surface area contributed by atoms with Crippen LogP contribution in [-0.2, 0) is 0 Å². The molecule has 0 N–H and O–H groups in total. The molecule has 33 heavy (non-hydrogen) atoms. The first-order chi connectivity index (χ1) is 15.4. The molecular formula is C27H44Cl2N4. The number of nitrogens with zero attached hydrogens (tertiary/aromatic N) is 4. The second-order valence-electron chi connectivity index (χ2n) is 10.4. The Kier molecular flexibility index (Phi) is 10.8. The number of benzene rings is 1. The quantitative estimate of drug-likeness (QED) is 0.576. The van der Waals surface area contributed by atoms with Gasteiger partial charge in [0.05, 0.1) is 5.36 Å². The molecule has 186 valence electrons. The molecule has 6 heteroatoms. The van der Waals surface area contributed by atoms with E-state index in [-0.39, 0.29) is 24.8 Å². The highest BCUT2D eigenvalue weighted by Crippen LogP contribution is 2.30. The molecule has 0 atom stereocenters. The number of hydrogen-bond acceptors (Lipinski definition) is 4. The van der Waals surface area contributed by atoms with Crippen molar-refractivity contribution < 1.29 is 0 Å². The topological polar surface area (TPSA) is 22.1 Å². The average molecular weight is 496 g/mol. The van der Waals surface area contributed by atoms with E-state index in [2.05, 4.69) is 45.2 Å². The molecule has 5 rings (SSSR count). The van der Waals surface area contributed by atoms with Crippen molar-refractivity contribution in [3.63, 3.8) is 0 Å². The van der Waals surface area contributed by atoms with Crippen LogP contribution in [0.2, 0.25) is 0 Å². The van der Waals surface area contributed by atoms with Crippen molar-refractivity contribution in [3.05, 3.63) is 34.8 Å². The summed E-state index contributed by atoms with van der Waals surface area (Å²) in [4.78, 5) is 13.0. The van der Waals surface area contributed by atoms with Crippen molar-refractivity contribution in [1.29, 1.82) is 0 Å². The van der Waals surface area contributed by atoms with Crippen molar-refractivity contribution in [1.82, 2.24) is 14.7 Å². The highest BCUT2D eigenvalue weighted by molar-refractivity contribution is 5.85. The molecule has 4 aliphatic rings. The van der Waals surface area contributed by atoms with Crippen LogP contribution in [0.4, 0.5) is 0 Å². The number of hydrogen-bond donors (Lipinski definition) is 0. The van der Waals surface area contributed by atoms with Gasteiger partial charge in [-0.05, 0) is 44.6 Å². The predicted molar refractivity (Wildman–Crippen MR) is 143 cm³/mol. The molecule has 0 unspecified atom stereocenters. The Morgan fingerprint density at radius 1 is 0.788 bits per heavy atom. The first-order valence-electron chi connectivity index (χ1n) is 13.2. The molecule has 0 amide bonds. The van der Waals surface area contributed by atoms with Crippen LogP contribution in [0.15, 0.2) is 29.3 Å². The van der Waals surface area contributed by atoms with Gasteiger partial charge < -0.3 is 9.80 Å². The molecule has 0 spiro atoms. The van der Waals surface area contributed by atoms with Crippen LogP contribution >= 0.6 is 24.8 Å². The fourth-order valence-corrected chi connectivity index (χ4v) is 6.56. The summed E-state index contributed by atoms with van der Waals surface area (Å²) in [5, 5.41) is 2.44. The molecule has 2 aliphatic carbocycles. The number of piperidine rings is 1. The van der Waals surface area contributed by atoms with Crippen LogP contribution < -0.4 is 10.6 Å². The van der Waals surface area contributed by atoms with Crippen LogP contribution in [0.1, 0.15) is 77.0 Å². The lowest BCUT2D eigenvalue weighted by atomic mass is 9.88. The SMILES string of the molecule is C1=c2ccccc2=NCN1C1CCN(CCN(C2CCCCC2)C2CCCCC2)CC1.Cl.Cl. The maximum Gasteiger partial charge on any atom is 0.110 e. The van der Waals surface area contributed by atoms with Crippen LogP contribution in [0.5, 0.6) is 0 Å². The number of halogens is 2. The standard InChI is InChI=1S/C27H42N4.2ClH/c1-3-10-25(11-4-1)31(26-12-5-2-6-13-26)20-19-29-17-15-24(16-18-29)30-21-23-9-7-8-14-27(23)28-22-30;;/h7-9,14,21,24-26H,1-6,10-13,15-20,22H2;2*1H. The van der Waals surface area contributed by atoms with E-state index in [9.17, 15) is 0 Å². The molecule has 2 heterocycles. The first-order valence-corrected chi connectivity index (χ1v) is 13.2. The van der Waals surface area contributed by atoms with E-state index < -0.39 is 0 Å². The smallest absolute Gasteiger partial charge is 0.110 e. The molecule has 0 aromatic heterocycles. The monoisotopic (exact) mass is 494 g/mol. The van der Waals surface area contributed by atoms with Gasteiger partial charge in [-0.25, -0.2) is 0 Å². The number of fused-ring (bicyclic) bond motifs is 1. The van der Waals surface area contributed by atoms with E-state index in [1.165, 1.54) is 108 Å². The van der Waals surface area contributed by atoms with Gasteiger partial charge in [-0.15, -0.1) is 24.8 Å². The molecule has 1 saturated heterocycles. The zero-order valence-corrected chi connectivity index (χ0v) is 21.9. The van der Waals surface area contributed by atoms with Crippen LogP contribution in [0.3, 0.4) is 0 Å². The van der Waals surface area contributed by atoms with Gasteiger partial charge in [-0.3, -0.25) is 9.89 Å². The summed E-state index contributed by atoms with van der Waals surface area (Å²) in [7, 11) is 0. The minimum atomic E-state index is 0. The van der Waals surface area contributed by atoms with Gasteiger partial charge in [0.15, 0.2) is 0 Å². The summed E-state index contributed by atoms with van der Waals surface area (Å²) in [5.41, 5.74) is 0. The Bertz CT molecular complexity index is 794. The van der Waals surface area contributed by atoms with Crippen molar-refractivity contribution in [2.75, 3.05) is 32.8 Å². The molecule has 3 fully saturated rings. The summed E-state index contributed by atoms with van der Waals surface area (Å²) >= 11 is 0. The van der Waals surface area contributed by atoms with E-state index in [1.807, 2.05) is 0 Å². The van der Waals surface area contributed by atoms with E-state index >= 15 is 0 Å². The van der Waals surface area contributed by atoms with Gasteiger partial charge >= 0.3 is 0 Å². The molecule has 4 nitrogen and oxygen atoms in total. The Labute approximate surface area is 213 Å². The zero-order valence-electron chi connectivity index (χ0n) is 20.2. The van der Waals surface area contributed by atoms with E-state index in [1.54, 1.807) is 0 Å². The minimum absolute atomic E-state index is 0. The lowest BCUT2D eigenvalue weighted by Crippen LogP contribution is -2.50. The van der Waals surface area contributed by atoms with Crippen molar-refractivity contribution in [2.24, 2.45) is 4.99 Å². The first kappa shape index (κ1) is 26.8. The Hall–Kier alpha value is -0.810. The highest BCUT2D eigenvalue weighted by atomic mass is 35.5. The zero-order chi connectivity index (χ0) is 20.9. The number of para-hydroxylation sites is 1. The lowest BCUT2D eigenvalue weighted by Gasteiger charge is -2.43.